The minimum Gasteiger partial charge on any atom is -0.464 e. The maximum atomic E-state index is 12.7. The number of ether oxygens (including phenoxy) is 1. The number of carbonyl (C=O) groups excluding carboxylic acids is 1. The van der Waals surface area contributed by atoms with Crippen LogP contribution in [0.3, 0.4) is 0 Å². The third-order valence-electron chi connectivity index (χ3n) is 4.40. The van der Waals surface area contributed by atoms with Crippen LogP contribution in [0.1, 0.15) is 46.0 Å². The van der Waals surface area contributed by atoms with E-state index < -0.39 is 5.54 Å². The average Bonchev–Trinajstić information content (AvgIpc) is 2.48. The smallest absolute Gasteiger partial charge is 0.332 e. The summed E-state index contributed by atoms with van der Waals surface area (Å²) in [5.74, 6) is 0.223. The van der Waals surface area contributed by atoms with Gasteiger partial charge in [0.2, 0.25) is 0 Å². The van der Waals surface area contributed by atoms with E-state index in [1.165, 1.54) is 6.42 Å². The van der Waals surface area contributed by atoms with Crippen LogP contribution in [0.5, 0.6) is 0 Å². The van der Waals surface area contributed by atoms with Crippen LogP contribution in [0.4, 0.5) is 5.69 Å². The number of carbonyl (C=O) groups is 1. The topological polar surface area (TPSA) is 38.3 Å². The molecule has 3 nitrogen and oxygen atoms in total. The molecule has 21 heavy (non-hydrogen) atoms. The molecule has 0 bridgehead atoms. The molecule has 1 aromatic rings. The van der Waals surface area contributed by atoms with Crippen LogP contribution in [0.2, 0.25) is 0 Å². The molecule has 0 aliphatic heterocycles. The lowest BCUT2D eigenvalue weighted by Crippen LogP contribution is -2.55. The largest absolute Gasteiger partial charge is 0.464 e. The molecule has 2 atom stereocenters. The van der Waals surface area contributed by atoms with Crippen molar-refractivity contribution in [3.63, 3.8) is 0 Å². The molecule has 1 N–H and O–H groups in total. The van der Waals surface area contributed by atoms with E-state index in [0.717, 1.165) is 35.8 Å². The molecule has 0 saturated heterocycles. The number of rotatable bonds is 5. The summed E-state index contributed by atoms with van der Waals surface area (Å²) in [4.78, 5) is 12.7. The minimum absolute atomic E-state index is 0.100. The van der Waals surface area contributed by atoms with Gasteiger partial charge in [-0.3, -0.25) is 0 Å². The summed E-state index contributed by atoms with van der Waals surface area (Å²) >= 11 is 3.49. The van der Waals surface area contributed by atoms with Crippen molar-refractivity contribution in [3.05, 3.63) is 28.7 Å². The van der Waals surface area contributed by atoms with E-state index in [1.54, 1.807) is 0 Å². The van der Waals surface area contributed by atoms with Crippen LogP contribution < -0.4 is 5.32 Å². The molecule has 0 amide bonds. The van der Waals surface area contributed by atoms with Gasteiger partial charge in [0.15, 0.2) is 0 Å². The average molecular weight is 354 g/mol. The van der Waals surface area contributed by atoms with Crippen LogP contribution in [0, 0.1) is 5.92 Å². The molecule has 0 aromatic heterocycles. The molecular formula is C17H24BrNO2. The third-order valence-corrected chi connectivity index (χ3v) is 4.89. The van der Waals surface area contributed by atoms with Gasteiger partial charge < -0.3 is 10.1 Å². The molecule has 116 valence electrons. The lowest BCUT2D eigenvalue weighted by molar-refractivity contribution is -0.152. The highest BCUT2D eigenvalue weighted by Gasteiger charge is 2.47. The second kappa shape index (κ2) is 7.30. The Labute approximate surface area is 135 Å². The van der Waals surface area contributed by atoms with Crippen LogP contribution in [-0.2, 0) is 9.53 Å². The van der Waals surface area contributed by atoms with Crippen molar-refractivity contribution in [2.75, 3.05) is 11.9 Å². The number of benzene rings is 1. The molecule has 2 rings (SSSR count). The Bertz CT molecular complexity index is 491. The monoisotopic (exact) mass is 353 g/mol. The van der Waals surface area contributed by atoms with E-state index in [-0.39, 0.29) is 5.97 Å². The van der Waals surface area contributed by atoms with Crippen molar-refractivity contribution < 1.29 is 9.53 Å². The fraction of sp³-hybridized carbons (Fsp3) is 0.588. The molecule has 0 heterocycles. The third kappa shape index (κ3) is 3.60. The van der Waals surface area contributed by atoms with Crippen molar-refractivity contribution in [2.24, 2.45) is 5.92 Å². The van der Waals surface area contributed by atoms with Crippen LogP contribution in [0.25, 0.3) is 0 Å². The lowest BCUT2D eigenvalue weighted by atomic mass is 9.71. The van der Waals surface area contributed by atoms with Crippen molar-refractivity contribution >= 4 is 27.6 Å². The number of nitrogens with one attached hydrogen (secondary N) is 1. The van der Waals surface area contributed by atoms with E-state index in [4.69, 9.17) is 4.74 Å². The van der Waals surface area contributed by atoms with Gasteiger partial charge in [0, 0.05) is 10.2 Å². The normalized spacial score (nSPS) is 25.4. The summed E-state index contributed by atoms with van der Waals surface area (Å²) in [6, 6.07) is 7.99. The Morgan fingerprint density at radius 2 is 2.24 bits per heavy atom. The zero-order valence-corrected chi connectivity index (χ0v) is 14.4. The number of esters is 1. The van der Waals surface area contributed by atoms with Gasteiger partial charge in [0.1, 0.15) is 5.54 Å². The first-order valence-electron chi connectivity index (χ1n) is 7.83. The number of halogens is 1. The maximum absolute atomic E-state index is 12.7. The summed E-state index contributed by atoms with van der Waals surface area (Å²) in [6.07, 6.45) is 5.17. The first-order chi connectivity index (χ1) is 10.1. The Morgan fingerprint density at radius 1 is 1.43 bits per heavy atom. The molecule has 1 aliphatic carbocycles. The highest BCUT2D eigenvalue weighted by Crippen LogP contribution is 2.39. The fourth-order valence-electron chi connectivity index (χ4n) is 3.37. The van der Waals surface area contributed by atoms with E-state index in [9.17, 15) is 4.79 Å². The number of anilines is 1. The van der Waals surface area contributed by atoms with E-state index >= 15 is 0 Å². The van der Waals surface area contributed by atoms with Gasteiger partial charge in [-0.15, -0.1) is 0 Å². The predicted octanol–water partition coefficient (Wildman–Crippen LogP) is 4.76. The Balaban J connectivity index is 2.32. The van der Waals surface area contributed by atoms with E-state index in [1.807, 2.05) is 31.2 Å². The molecule has 1 saturated carbocycles. The summed E-state index contributed by atoms with van der Waals surface area (Å²) < 4.78 is 6.42. The molecule has 1 aliphatic rings. The van der Waals surface area contributed by atoms with Gasteiger partial charge in [-0.05, 0) is 43.9 Å². The fourth-order valence-corrected chi connectivity index (χ4v) is 3.76. The van der Waals surface area contributed by atoms with Crippen molar-refractivity contribution in [1.82, 2.24) is 0 Å². The summed E-state index contributed by atoms with van der Waals surface area (Å²) in [6.45, 7) is 4.46. The van der Waals surface area contributed by atoms with Gasteiger partial charge >= 0.3 is 5.97 Å². The highest BCUT2D eigenvalue weighted by molar-refractivity contribution is 9.10. The predicted molar refractivity (Wildman–Crippen MR) is 89.4 cm³/mol. The summed E-state index contributed by atoms with van der Waals surface area (Å²) in [7, 11) is 0. The number of hydrogen-bond donors (Lipinski definition) is 1. The van der Waals surface area contributed by atoms with Crippen LogP contribution in [-0.4, -0.2) is 18.1 Å². The first-order valence-corrected chi connectivity index (χ1v) is 8.62. The Kier molecular flexibility index (Phi) is 5.68. The quantitative estimate of drug-likeness (QED) is 0.775. The second-order valence-corrected chi connectivity index (χ2v) is 6.59. The molecule has 0 radical (unpaired) electrons. The zero-order valence-electron chi connectivity index (χ0n) is 12.8. The van der Waals surface area contributed by atoms with Crippen molar-refractivity contribution in [2.45, 2.75) is 51.5 Å². The molecule has 4 heteroatoms. The van der Waals surface area contributed by atoms with Gasteiger partial charge in [-0.1, -0.05) is 48.2 Å². The van der Waals surface area contributed by atoms with Gasteiger partial charge in [0.25, 0.3) is 0 Å². The summed E-state index contributed by atoms with van der Waals surface area (Å²) in [5, 5.41) is 3.52. The Hall–Kier alpha value is -1.03. The van der Waals surface area contributed by atoms with Crippen molar-refractivity contribution in [3.8, 4) is 0 Å². The minimum atomic E-state index is -0.580. The maximum Gasteiger partial charge on any atom is 0.332 e. The lowest BCUT2D eigenvalue weighted by Gasteiger charge is -2.43. The van der Waals surface area contributed by atoms with Gasteiger partial charge in [-0.2, -0.15) is 0 Å². The Morgan fingerprint density at radius 3 is 2.90 bits per heavy atom. The zero-order chi connectivity index (χ0) is 15.3. The van der Waals surface area contributed by atoms with Crippen LogP contribution in [0.15, 0.2) is 28.7 Å². The summed E-state index contributed by atoms with van der Waals surface area (Å²) in [5.41, 5.74) is 0.391. The van der Waals surface area contributed by atoms with Crippen LogP contribution >= 0.6 is 15.9 Å². The van der Waals surface area contributed by atoms with E-state index in [0.29, 0.717) is 12.5 Å². The molecule has 1 aromatic carbocycles. The van der Waals surface area contributed by atoms with E-state index in [2.05, 4.69) is 28.2 Å². The second-order valence-electron chi connectivity index (χ2n) is 5.68. The highest BCUT2D eigenvalue weighted by atomic mass is 79.9. The number of hydrogen-bond acceptors (Lipinski definition) is 3. The standard InChI is InChI=1S/C17H24BrNO2/c1-3-13-8-5-6-11-17(13,16(20)21-4-2)19-15-10-7-9-14(18)12-15/h7,9-10,12-13,19H,3-6,8,11H2,1-2H3. The molecule has 2 unspecified atom stereocenters. The molecule has 1 fully saturated rings. The van der Waals surface area contributed by atoms with Crippen molar-refractivity contribution in [1.29, 1.82) is 0 Å². The van der Waals surface area contributed by atoms with Gasteiger partial charge in [0.05, 0.1) is 6.61 Å². The SMILES string of the molecule is CCOC(=O)C1(Nc2cccc(Br)c2)CCCCC1CC. The molecular weight excluding hydrogens is 330 g/mol. The van der Waals surface area contributed by atoms with Gasteiger partial charge in [-0.25, -0.2) is 4.79 Å². The molecule has 0 spiro atoms. The first kappa shape index (κ1) is 16.3.